The number of fused-ring (bicyclic) bond motifs is 4. The molecule has 0 spiro atoms. The molecule has 0 saturated carbocycles. The van der Waals surface area contributed by atoms with E-state index in [4.69, 9.17) is 15.0 Å². The minimum absolute atomic E-state index is 0.619. The van der Waals surface area contributed by atoms with E-state index in [9.17, 15) is 0 Å². The number of rotatable bonds is 6. The summed E-state index contributed by atoms with van der Waals surface area (Å²) >= 11 is 0. The molecule has 248 valence electrons. The second-order valence-electron chi connectivity index (χ2n) is 13.2. The minimum atomic E-state index is 0.619. The lowest BCUT2D eigenvalue weighted by atomic mass is 9.97. The summed E-state index contributed by atoms with van der Waals surface area (Å²) in [7, 11) is 0. The maximum atomic E-state index is 5.20. The Morgan fingerprint density at radius 3 is 1.42 bits per heavy atom. The van der Waals surface area contributed by atoms with Crippen LogP contribution in [0.15, 0.2) is 194 Å². The molecule has 10 aromatic rings. The van der Waals surface area contributed by atoms with Crippen molar-refractivity contribution in [2.24, 2.45) is 0 Å². The van der Waals surface area contributed by atoms with E-state index in [1.54, 1.807) is 0 Å². The lowest BCUT2D eigenvalue weighted by Crippen LogP contribution is -2.02. The van der Waals surface area contributed by atoms with Crippen LogP contribution in [-0.2, 0) is 0 Å². The average Bonchev–Trinajstić information content (AvgIpc) is 3.58. The second-order valence-corrected chi connectivity index (χ2v) is 13.2. The van der Waals surface area contributed by atoms with E-state index in [0.29, 0.717) is 17.5 Å². The fraction of sp³-hybridized carbons (Fsp3) is 0. The fourth-order valence-electron chi connectivity index (χ4n) is 7.54. The largest absolute Gasteiger partial charge is 0.309 e. The highest BCUT2D eigenvalue weighted by Crippen LogP contribution is 2.38. The van der Waals surface area contributed by atoms with E-state index in [0.717, 1.165) is 49.9 Å². The molecule has 0 aliphatic heterocycles. The molecule has 4 heteroatoms. The first-order chi connectivity index (χ1) is 26.3. The molecule has 0 saturated heterocycles. The van der Waals surface area contributed by atoms with Crippen LogP contribution in [0.3, 0.4) is 0 Å². The van der Waals surface area contributed by atoms with Gasteiger partial charge >= 0.3 is 0 Å². The summed E-state index contributed by atoms with van der Waals surface area (Å²) in [6, 6.07) is 68.1. The third kappa shape index (κ3) is 5.45. The molecule has 0 amide bonds. The molecule has 4 nitrogen and oxygen atoms in total. The van der Waals surface area contributed by atoms with Gasteiger partial charge in [0.15, 0.2) is 17.5 Å². The molecule has 0 fully saturated rings. The Kier molecular flexibility index (Phi) is 7.43. The third-order valence-electron chi connectivity index (χ3n) is 10.1. The standard InChI is InChI=1S/C49H32N4/c1-4-15-33(16-5-1)39-24-14-21-36-31-37(27-29-40(36)39)48-50-47(35-19-8-3-9-20-35)51-49(52-48)38-28-30-41(34-17-6-2-7-18-34)46(32-38)53-44-25-12-10-22-42(44)43-23-11-13-26-45(43)53/h1-32H. The van der Waals surface area contributed by atoms with Crippen LogP contribution in [0.25, 0.3) is 94.7 Å². The topological polar surface area (TPSA) is 43.6 Å². The summed E-state index contributed by atoms with van der Waals surface area (Å²) in [5, 5.41) is 4.75. The van der Waals surface area contributed by atoms with Crippen molar-refractivity contribution in [2.45, 2.75) is 0 Å². The van der Waals surface area contributed by atoms with Crippen LogP contribution in [0.1, 0.15) is 0 Å². The van der Waals surface area contributed by atoms with Crippen molar-refractivity contribution in [1.29, 1.82) is 0 Å². The van der Waals surface area contributed by atoms with Crippen LogP contribution < -0.4 is 0 Å². The number of hydrogen-bond donors (Lipinski definition) is 0. The van der Waals surface area contributed by atoms with Gasteiger partial charge in [0.2, 0.25) is 0 Å². The van der Waals surface area contributed by atoms with Gasteiger partial charge in [-0.25, -0.2) is 15.0 Å². The zero-order valence-corrected chi connectivity index (χ0v) is 28.8. The number of nitrogens with zero attached hydrogens (tertiary/aromatic N) is 4. The first-order valence-electron chi connectivity index (χ1n) is 17.9. The van der Waals surface area contributed by atoms with Gasteiger partial charge in [0.05, 0.1) is 16.7 Å². The maximum absolute atomic E-state index is 5.20. The van der Waals surface area contributed by atoms with E-state index in [-0.39, 0.29) is 0 Å². The van der Waals surface area contributed by atoms with Crippen molar-refractivity contribution < 1.29 is 0 Å². The Balaban J connectivity index is 1.19. The molecular weight excluding hydrogens is 645 g/mol. The van der Waals surface area contributed by atoms with E-state index >= 15 is 0 Å². The highest BCUT2D eigenvalue weighted by molar-refractivity contribution is 6.10. The molecule has 0 N–H and O–H groups in total. The Morgan fingerprint density at radius 2 is 0.792 bits per heavy atom. The van der Waals surface area contributed by atoms with Crippen molar-refractivity contribution in [2.75, 3.05) is 0 Å². The van der Waals surface area contributed by atoms with Gasteiger partial charge < -0.3 is 4.57 Å². The van der Waals surface area contributed by atoms with E-state index < -0.39 is 0 Å². The molecular formula is C49H32N4. The van der Waals surface area contributed by atoms with Crippen molar-refractivity contribution in [3.63, 3.8) is 0 Å². The molecule has 0 unspecified atom stereocenters. The third-order valence-corrected chi connectivity index (χ3v) is 10.1. The highest BCUT2D eigenvalue weighted by Gasteiger charge is 2.19. The molecule has 0 aliphatic carbocycles. The van der Waals surface area contributed by atoms with Gasteiger partial charge in [0.1, 0.15) is 0 Å². The number of benzene rings is 8. The number of aromatic nitrogens is 4. The Labute approximate surface area is 307 Å². The Hall–Kier alpha value is -7.17. The molecule has 2 heterocycles. The van der Waals surface area contributed by atoms with Crippen LogP contribution >= 0.6 is 0 Å². The molecule has 0 aliphatic rings. The summed E-state index contributed by atoms with van der Waals surface area (Å²) in [4.78, 5) is 15.4. The summed E-state index contributed by atoms with van der Waals surface area (Å²) in [6.07, 6.45) is 0. The average molecular weight is 677 g/mol. The van der Waals surface area contributed by atoms with Crippen LogP contribution in [0, 0.1) is 0 Å². The monoisotopic (exact) mass is 676 g/mol. The quantitative estimate of drug-likeness (QED) is 0.176. The van der Waals surface area contributed by atoms with Crippen LogP contribution in [0.2, 0.25) is 0 Å². The minimum Gasteiger partial charge on any atom is -0.309 e. The van der Waals surface area contributed by atoms with Crippen molar-refractivity contribution in [3.05, 3.63) is 194 Å². The maximum Gasteiger partial charge on any atom is 0.164 e. The van der Waals surface area contributed by atoms with Gasteiger partial charge in [-0.1, -0.05) is 170 Å². The number of hydrogen-bond acceptors (Lipinski definition) is 3. The zero-order chi connectivity index (χ0) is 35.1. The normalized spacial score (nSPS) is 11.4. The number of para-hydroxylation sites is 2. The van der Waals surface area contributed by atoms with E-state index in [1.165, 1.54) is 27.3 Å². The van der Waals surface area contributed by atoms with Crippen LogP contribution in [0.4, 0.5) is 0 Å². The van der Waals surface area contributed by atoms with Crippen LogP contribution in [0.5, 0.6) is 0 Å². The fourth-order valence-corrected chi connectivity index (χ4v) is 7.54. The summed E-state index contributed by atoms with van der Waals surface area (Å²) < 4.78 is 2.38. The molecule has 0 bridgehead atoms. The van der Waals surface area contributed by atoms with Gasteiger partial charge in [-0.2, -0.15) is 0 Å². The van der Waals surface area contributed by atoms with Gasteiger partial charge in [-0.3, -0.25) is 0 Å². The lowest BCUT2D eigenvalue weighted by Gasteiger charge is -2.16. The molecule has 0 radical (unpaired) electrons. The van der Waals surface area contributed by atoms with Crippen molar-refractivity contribution in [1.82, 2.24) is 19.5 Å². The first kappa shape index (κ1) is 30.6. The highest BCUT2D eigenvalue weighted by atomic mass is 15.0. The molecule has 2 aromatic heterocycles. The van der Waals surface area contributed by atoms with Gasteiger partial charge in [0, 0.05) is 33.0 Å². The van der Waals surface area contributed by atoms with E-state index in [1.807, 2.05) is 18.2 Å². The predicted octanol–water partition coefficient (Wildman–Crippen LogP) is 12.5. The molecule has 10 rings (SSSR count). The summed E-state index contributed by atoms with van der Waals surface area (Å²) in [6.45, 7) is 0. The summed E-state index contributed by atoms with van der Waals surface area (Å²) in [5.41, 5.74) is 10.8. The van der Waals surface area contributed by atoms with E-state index in [2.05, 4.69) is 180 Å². The summed E-state index contributed by atoms with van der Waals surface area (Å²) in [5.74, 6) is 1.88. The first-order valence-corrected chi connectivity index (χ1v) is 17.9. The SMILES string of the molecule is c1ccc(-c2nc(-c3ccc(-c4ccccc4)c(-n4c5ccccc5c5ccccc54)c3)nc(-c3ccc4c(-c5ccccc5)cccc4c3)n2)cc1. The Morgan fingerprint density at radius 1 is 0.302 bits per heavy atom. The zero-order valence-electron chi connectivity index (χ0n) is 28.8. The lowest BCUT2D eigenvalue weighted by molar-refractivity contribution is 1.07. The van der Waals surface area contributed by atoms with Crippen LogP contribution in [-0.4, -0.2) is 19.5 Å². The molecule has 8 aromatic carbocycles. The van der Waals surface area contributed by atoms with Gasteiger partial charge in [0.25, 0.3) is 0 Å². The molecule has 0 atom stereocenters. The predicted molar refractivity (Wildman–Crippen MR) is 219 cm³/mol. The van der Waals surface area contributed by atoms with Crippen molar-refractivity contribution in [3.8, 4) is 62.1 Å². The second kappa shape index (κ2) is 12.9. The molecule has 53 heavy (non-hydrogen) atoms. The smallest absolute Gasteiger partial charge is 0.164 e. The van der Waals surface area contributed by atoms with Gasteiger partial charge in [-0.05, 0) is 51.7 Å². The van der Waals surface area contributed by atoms with Crippen molar-refractivity contribution >= 4 is 32.6 Å². The Bertz CT molecular complexity index is 2880. The van der Waals surface area contributed by atoms with Gasteiger partial charge in [-0.15, -0.1) is 0 Å².